The lowest BCUT2D eigenvalue weighted by Crippen LogP contribution is -2.53. The molecule has 0 unspecified atom stereocenters. The molecule has 0 heterocycles. The molecule has 44 heavy (non-hydrogen) atoms. The largest absolute Gasteiger partial charge is 0.354 e. The number of halogens is 1. The van der Waals surface area contributed by atoms with E-state index in [0.717, 1.165) is 33.0 Å². The van der Waals surface area contributed by atoms with E-state index in [9.17, 15) is 18.0 Å². The van der Waals surface area contributed by atoms with E-state index >= 15 is 0 Å². The Hall–Kier alpha value is -4.14. The quantitative estimate of drug-likeness (QED) is 0.187. The van der Waals surface area contributed by atoms with Gasteiger partial charge in [-0.2, -0.15) is 0 Å². The van der Waals surface area contributed by atoms with E-state index in [-0.39, 0.29) is 34.5 Å². The van der Waals surface area contributed by atoms with Crippen molar-refractivity contribution in [2.45, 2.75) is 51.1 Å². The normalized spacial score (nSPS) is 11.9. The summed E-state index contributed by atoms with van der Waals surface area (Å²) < 4.78 is 29.3. The maximum Gasteiger partial charge on any atom is 0.264 e. The molecule has 0 saturated heterocycles. The molecule has 230 valence electrons. The van der Waals surface area contributed by atoms with Crippen LogP contribution in [0.25, 0.3) is 0 Å². The Morgan fingerprint density at radius 3 is 2.14 bits per heavy atom. The topological polar surface area (TPSA) is 86.8 Å². The number of hydrogen-bond acceptors (Lipinski definition) is 4. The van der Waals surface area contributed by atoms with Gasteiger partial charge in [-0.05, 0) is 55.7 Å². The molecule has 2 amide bonds. The zero-order valence-corrected chi connectivity index (χ0v) is 26.8. The highest BCUT2D eigenvalue weighted by atomic mass is 35.5. The highest BCUT2D eigenvalue weighted by Gasteiger charge is 2.35. The number of carbonyl (C=O) groups excluding carboxylic acids is 2. The van der Waals surface area contributed by atoms with Crippen LogP contribution in [0.1, 0.15) is 35.6 Å². The molecular formula is C35H38ClN3O4S. The minimum Gasteiger partial charge on any atom is -0.354 e. The third-order valence-corrected chi connectivity index (χ3v) is 9.36. The first kappa shape index (κ1) is 32.8. The number of nitrogens with one attached hydrogen (secondary N) is 1. The van der Waals surface area contributed by atoms with Crippen molar-refractivity contribution in [3.63, 3.8) is 0 Å². The smallest absolute Gasteiger partial charge is 0.264 e. The number of para-hydroxylation sites is 1. The van der Waals surface area contributed by atoms with E-state index in [4.69, 9.17) is 11.6 Å². The van der Waals surface area contributed by atoms with Crippen LogP contribution in [0.5, 0.6) is 0 Å². The van der Waals surface area contributed by atoms with Gasteiger partial charge in [-0.3, -0.25) is 13.9 Å². The molecule has 0 fully saturated rings. The van der Waals surface area contributed by atoms with Crippen molar-refractivity contribution in [1.29, 1.82) is 0 Å². The van der Waals surface area contributed by atoms with E-state index in [1.807, 2.05) is 75.4 Å². The molecule has 0 bridgehead atoms. The first-order valence-corrected chi connectivity index (χ1v) is 16.4. The summed E-state index contributed by atoms with van der Waals surface area (Å²) in [5.74, 6) is -0.836. The molecule has 1 N–H and O–H groups in total. The summed E-state index contributed by atoms with van der Waals surface area (Å²) >= 11 is 6.53. The van der Waals surface area contributed by atoms with Gasteiger partial charge in [0, 0.05) is 19.5 Å². The van der Waals surface area contributed by atoms with Gasteiger partial charge in [0.1, 0.15) is 12.6 Å². The molecule has 0 aliphatic carbocycles. The van der Waals surface area contributed by atoms with Gasteiger partial charge in [-0.25, -0.2) is 8.42 Å². The number of aryl methyl sites for hydroxylation is 2. The Morgan fingerprint density at radius 1 is 0.818 bits per heavy atom. The SMILES string of the molecule is CCCNC(=O)[C@@H](Cc1ccccc1)N(Cc1cccc(C)c1)C(=O)CN(c1ccccc1Cl)S(=O)(=O)c1ccc(C)cc1. The minimum atomic E-state index is -4.22. The van der Waals surface area contributed by atoms with Crippen molar-refractivity contribution in [2.75, 3.05) is 17.4 Å². The first-order valence-electron chi connectivity index (χ1n) is 14.6. The van der Waals surface area contributed by atoms with Crippen LogP contribution < -0.4 is 9.62 Å². The Bertz CT molecular complexity index is 1680. The van der Waals surface area contributed by atoms with Gasteiger partial charge in [0.15, 0.2) is 0 Å². The summed E-state index contributed by atoms with van der Waals surface area (Å²) in [7, 11) is -4.22. The molecule has 4 aromatic rings. The fourth-order valence-corrected chi connectivity index (χ4v) is 6.65. The standard InChI is InChI=1S/C35H38ClN3O4S/c1-4-21-37-35(41)33(23-28-12-6-5-7-13-28)38(24-29-14-10-11-27(3)22-29)34(40)25-39(32-16-9-8-15-31(32)36)44(42,43)30-19-17-26(2)18-20-30/h5-20,22,33H,4,21,23-25H2,1-3H3,(H,37,41)/t33-/m1/s1. The highest BCUT2D eigenvalue weighted by molar-refractivity contribution is 7.92. The lowest BCUT2D eigenvalue weighted by Gasteiger charge is -2.34. The van der Waals surface area contributed by atoms with Crippen molar-refractivity contribution in [2.24, 2.45) is 0 Å². The molecule has 1 atom stereocenters. The van der Waals surface area contributed by atoms with Crippen LogP contribution in [0.2, 0.25) is 5.02 Å². The molecule has 0 spiro atoms. The predicted octanol–water partition coefficient (Wildman–Crippen LogP) is 6.32. The maximum atomic E-state index is 14.5. The number of anilines is 1. The molecule has 0 aliphatic heterocycles. The van der Waals surface area contributed by atoms with Crippen molar-refractivity contribution in [3.05, 3.63) is 130 Å². The summed E-state index contributed by atoms with van der Waals surface area (Å²) in [5, 5.41) is 3.14. The predicted molar refractivity (Wildman–Crippen MR) is 176 cm³/mol. The number of nitrogens with zero attached hydrogens (tertiary/aromatic N) is 2. The van der Waals surface area contributed by atoms with Crippen molar-refractivity contribution < 1.29 is 18.0 Å². The fourth-order valence-electron chi connectivity index (χ4n) is 4.93. The van der Waals surface area contributed by atoms with Crippen LogP contribution >= 0.6 is 11.6 Å². The average molecular weight is 632 g/mol. The summed E-state index contributed by atoms with van der Waals surface area (Å²) in [6.45, 7) is 5.78. The zero-order chi connectivity index (χ0) is 31.7. The van der Waals surface area contributed by atoms with E-state index in [1.165, 1.54) is 17.0 Å². The number of carbonyl (C=O) groups is 2. The lowest BCUT2D eigenvalue weighted by atomic mass is 10.0. The lowest BCUT2D eigenvalue weighted by molar-refractivity contribution is -0.140. The molecule has 0 radical (unpaired) electrons. The molecule has 4 rings (SSSR count). The summed E-state index contributed by atoms with van der Waals surface area (Å²) in [4.78, 5) is 29.7. The number of hydrogen-bond donors (Lipinski definition) is 1. The van der Waals surface area contributed by atoms with Gasteiger partial charge in [0.2, 0.25) is 11.8 Å². The Labute approximate surface area is 265 Å². The summed E-state index contributed by atoms with van der Waals surface area (Å²) in [6, 6.07) is 29.3. The molecule has 9 heteroatoms. The van der Waals surface area contributed by atoms with E-state index in [2.05, 4.69) is 5.32 Å². The Balaban J connectivity index is 1.80. The van der Waals surface area contributed by atoms with Gasteiger partial charge in [0.05, 0.1) is 15.6 Å². The van der Waals surface area contributed by atoms with Gasteiger partial charge in [0.25, 0.3) is 10.0 Å². The number of benzene rings is 4. The second-order valence-electron chi connectivity index (χ2n) is 10.8. The molecule has 0 aromatic heterocycles. The third-order valence-electron chi connectivity index (χ3n) is 7.26. The van der Waals surface area contributed by atoms with Crippen LogP contribution in [-0.4, -0.2) is 44.3 Å². The van der Waals surface area contributed by atoms with Crippen LogP contribution in [0.3, 0.4) is 0 Å². The van der Waals surface area contributed by atoms with E-state index < -0.39 is 28.5 Å². The Kier molecular flexibility index (Phi) is 11.2. The van der Waals surface area contributed by atoms with Crippen molar-refractivity contribution in [1.82, 2.24) is 10.2 Å². The van der Waals surface area contributed by atoms with Crippen LogP contribution in [0, 0.1) is 13.8 Å². The maximum absolute atomic E-state index is 14.5. The van der Waals surface area contributed by atoms with Crippen LogP contribution in [0.15, 0.2) is 108 Å². The molecule has 4 aromatic carbocycles. The Morgan fingerprint density at radius 2 is 1.48 bits per heavy atom. The third kappa shape index (κ3) is 8.27. The van der Waals surface area contributed by atoms with Crippen LogP contribution in [-0.2, 0) is 32.6 Å². The first-order chi connectivity index (χ1) is 21.1. The summed E-state index contributed by atoms with van der Waals surface area (Å²) in [5.41, 5.74) is 3.78. The monoisotopic (exact) mass is 631 g/mol. The highest BCUT2D eigenvalue weighted by Crippen LogP contribution is 2.31. The van der Waals surface area contributed by atoms with E-state index in [0.29, 0.717) is 6.54 Å². The molecule has 7 nitrogen and oxygen atoms in total. The van der Waals surface area contributed by atoms with Gasteiger partial charge < -0.3 is 10.2 Å². The second kappa shape index (κ2) is 15.0. The second-order valence-corrected chi connectivity index (χ2v) is 13.1. The molecular weight excluding hydrogens is 594 g/mol. The van der Waals surface area contributed by atoms with Gasteiger partial charge >= 0.3 is 0 Å². The number of sulfonamides is 1. The van der Waals surface area contributed by atoms with E-state index in [1.54, 1.807) is 36.4 Å². The van der Waals surface area contributed by atoms with Gasteiger partial charge in [-0.1, -0.05) is 109 Å². The van der Waals surface area contributed by atoms with Crippen molar-refractivity contribution >= 4 is 39.1 Å². The molecule has 0 aliphatic rings. The minimum absolute atomic E-state index is 0.0302. The van der Waals surface area contributed by atoms with Crippen LogP contribution in [0.4, 0.5) is 5.69 Å². The average Bonchev–Trinajstić information content (AvgIpc) is 3.01. The van der Waals surface area contributed by atoms with Gasteiger partial charge in [-0.15, -0.1) is 0 Å². The van der Waals surface area contributed by atoms with Crippen molar-refractivity contribution in [3.8, 4) is 0 Å². The fraction of sp³-hybridized carbons (Fsp3) is 0.257. The summed E-state index contributed by atoms with van der Waals surface area (Å²) in [6.07, 6.45) is 0.982. The number of rotatable bonds is 13. The zero-order valence-electron chi connectivity index (χ0n) is 25.2. The molecule has 0 saturated carbocycles. The number of amides is 2.